The molecule has 2 aromatic heterocycles. The number of nitrogens with zero attached hydrogens (tertiary/aromatic N) is 5. The molecule has 2 saturated heterocycles. The third-order valence-electron chi connectivity index (χ3n) is 6.46. The third-order valence-corrected chi connectivity index (χ3v) is 6.46. The largest absolute Gasteiger partial charge is 0.420 e. The Bertz CT molecular complexity index is 1070. The van der Waals surface area contributed by atoms with Gasteiger partial charge in [-0.2, -0.15) is 0 Å². The van der Waals surface area contributed by atoms with Gasteiger partial charge >= 0.3 is 0 Å². The topological polar surface area (TPSA) is 94.2 Å². The van der Waals surface area contributed by atoms with Gasteiger partial charge in [-0.1, -0.05) is 17.7 Å². The monoisotopic (exact) mass is 419 g/mol. The molecule has 2 fully saturated rings. The van der Waals surface area contributed by atoms with Crippen LogP contribution >= 0.6 is 0 Å². The number of hydrogen-bond donors (Lipinski definition) is 0. The van der Waals surface area contributed by atoms with Crippen LogP contribution in [0.3, 0.4) is 0 Å². The fraction of sp³-hybridized carbons (Fsp3) is 0.435. The standard InChI is InChI=1S/C23H25N5O3/c1-15-3-5-17(6-4-15)20-26-27-21(31-20)18-13-28(14-23(18)7-9-30-10-8-23)22(29)19-12-24-16(2)11-25-19/h3-6,11-12,18H,7-10,13-14H2,1-2H3. The quantitative estimate of drug-likeness (QED) is 0.643. The molecule has 0 saturated carbocycles. The first-order chi connectivity index (χ1) is 15.0. The summed E-state index contributed by atoms with van der Waals surface area (Å²) in [6, 6.07) is 8.02. The first kappa shape index (κ1) is 19.8. The van der Waals surface area contributed by atoms with Crippen LogP contribution in [0, 0.1) is 19.3 Å². The molecule has 0 radical (unpaired) electrons. The molecule has 8 nitrogen and oxygen atoms in total. The maximum atomic E-state index is 13.1. The number of likely N-dealkylation sites (tertiary alicyclic amines) is 1. The van der Waals surface area contributed by atoms with Crippen molar-refractivity contribution in [3.63, 3.8) is 0 Å². The van der Waals surface area contributed by atoms with Crippen LogP contribution < -0.4 is 0 Å². The molecule has 31 heavy (non-hydrogen) atoms. The minimum absolute atomic E-state index is 0.0366. The van der Waals surface area contributed by atoms with E-state index < -0.39 is 0 Å². The van der Waals surface area contributed by atoms with E-state index in [2.05, 4.69) is 20.2 Å². The number of rotatable bonds is 3. The highest BCUT2D eigenvalue weighted by molar-refractivity contribution is 5.92. The number of carbonyl (C=O) groups excluding carboxylic acids is 1. The second-order valence-corrected chi connectivity index (χ2v) is 8.57. The van der Waals surface area contributed by atoms with Gasteiger partial charge in [0, 0.05) is 43.5 Å². The molecule has 1 atom stereocenters. The Morgan fingerprint density at radius 3 is 2.55 bits per heavy atom. The lowest BCUT2D eigenvalue weighted by molar-refractivity contribution is 0.00905. The van der Waals surface area contributed by atoms with E-state index in [1.165, 1.54) is 5.56 Å². The molecule has 8 heteroatoms. The van der Waals surface area contributed by atoms with Gasteiger partial charge in [-0.25, -0.2) is 4.98 Å². The van der Waals surface area contributed by atoms with Gasteiger partial charge in [-0.3, -0.25) is 9.78 Å². The maximum absolute atomic E-state index is 13.1. The molecule has 1 amide bonds. The van der Waals surface area contributed by atoms with Gasteiger partial charge in [0.15, 0.2) is 0 Å². The predicted molar refractivity (Wildman–Crippen MR) is 112 cm³/mol. The van der Waals surface area contributed by atoms with Gasteiger partial charge in [0.1, 0.15) is 5.69 Å². The summed E-state index contributed by atoms with van der Waals surface area (Å²) in [6.45, 7) is 6.37. The number of aromatic nitrogens is 4. The second-order valence-electron chi connectivity index (χ2n) is 8.57. The van der Waals surface area contributed by atoms with Gasteiger partial charge in [0.05, 0.1) is 17.8 Å². The van der Waals surface area contributed by atoms with E-state index in [0.717, 1.165) is 24.1 Å². The molecular weight excluding hydrogens is 394 g/mol. The summed E-state index contributed by atoms with van der Waals surface area (Å²) in [5.74, 6) is 0.943. The lowest BCUT2D eigenvalue weighted by Gasteiger charge is -2.36. The fourth-order valence-corrected chi connectivity index (χ4v) is 4.60. The molecule has 2 aliphatic heterocycles. The minimum atomic E-state index is -0.136. The molecule has 3 aromatic rings. The second kappa shape index (κ2) is 7.85. The van der Waals surface area contributed by atoms with Crippen LogP contribution in [0.4, 0.5) is 0 Å². The molecule has 0 N–H and O–H groups in total. The van der Waals surface area contributed by atoms with E-state index in [1.807, 2.05) is 43.0 Å². The van der Waals surface area contributed by atoms with Crippen molar-refractivity contribution in [3.8, 4) is 11.5 Å². The Hall–Kier alpha value is -3.13. The molecule has 1 aromatic carbocycles. The molecule has 0 aliphatic carbocycles. The first-order valence-corrected chi connectivity index (χ1v) is 10.6. The van der Waals surface area contributed by atoms with E-state index in [9.17, 15) is 4.79 Å². The van der Waals surface area contributed by atoms with Crippen molar-refractivity contribution in [2.75, 3.05) is 26.3 Å². The molecule has 5 rings (SSSR count). The maximum Gasteiger partial charge on any atom is 0.274 e. The van der Waals surface area contributed by atoms with E-state index in [0.29, 0.717) is 43.8 Å². The summed E-state index contributed by atoms with van der Waals surface area (Å²) in [5.41, 5.74) is 3.08. The average Bonchev–Trinajstić information content (AvgIpc) is 3.40. The predicted octanol–water partition coefficient (Wildman–Crippen LogP) is 3.18. The lowest BCUT2D eigenvalue weighted by Crippen LogP contribution is -2.37. The van der Waals surface area contributed by atoms with Gasteiger partial charge in [0.2, 0.25) is 11.8 Å². The molecule has 0 bridgehead atoms. The van der Waals surface area contributed by atoms with E-state index in [1.54, 1.807) is 12.4 Å². The third kappa shape index (κ3) is 3.72. The number of carbonyl (C=O) groups is 1. The number of amides is 1. The molecule has 1 unspecified atom stereocenters. The van der Waals surface area contributed by atoms with Crippen molar-refractivity contribution in [3.05, 3.63) is 59.5 Å². The van der Waals surface area contributed by atoms with Crippen molar-refractivity contribution in [1.29, 1.82) is 0 Å². The van der Waals surface area contributed by atoms with Crippen molar-refractivity contribution in [2.45, 2.75) is 32.6 Å². The van der Waals surface area contributed by atoms with Gasteiger partial charge in [-0.05, 0) is 38.8 Å². The van der Waals surface area contributed by atoms with Crippen LogP contribution in [0.25, 0.3) is 11.5 Å². The highest BCUT2D eigenvalue weighted by Gasteiger charge is 2.51. The van der Waals surface area contributed by atoms with Crippen LogP contribution in [0.1, 0.15) is 46.4 Å². The fourth-order valence-electron chi connectivity index (χ4n) is 4.60. The number of ether oxygens (including phenoxy) is 1. The first-order valence-electron chi connectivity index (χ1n) is 10.6. The van der Waals surface area contributed by atoms with Crippen LogP contribution in [0.15, 0.2) is 41.1 Å². The highest BCUT2D eigenvalue weighted by atomic mass is 16.5. The number of benzene rings is 1. The average molecular weight is 419 g/mol. The van der Waals surface area contributed by atoms with E-state index >= 15 is 0 Å². The van der Waals surface area contributed by atoms with Gasteiger partial charge < -0.3 is 14.1 Å². The van der Waals surface area contributed by atoms with Crippen LogP contribution in [0.5, 0.6) is 0 Å². The zero-order valence-electron chi connectivity index (χ0n) is 17.7. The zero-order valence-corrected chi connectivity index (χ0v) is 17.7. The van der Waals surface area contributed by atoms with Crippen molar-refractivity contribution in [1.82, 2.24) is 25.1 Å². The summed E-state index contributed by atoms with van der Waals surface area (Å²) in [4.78, 5) is 23.5. The van der Waals surface area contributed by atoms with Gasteiger partial charge in [0.25, 0.3) is 5.91 Å². The highest BCUT2D eigenvalue weighted by Crippen LogP contribution is 2.49. The normalized spacial score (nSPS) is 20.3. The summed E-state index contributed by atoms with van der Waals surface area (Å²) in [6.07, 6.45) is 4.87. The minimum Gasteiger partial charge on any atom is -0.420 e. The Balaban J connectivity index is 1.44. The summed E-state index contributed by atoms with van der Waals surface area (Å²) >= 11 is 0. The zero-order chi connectivity index (χ0) is 21.4. The van der Waals surface area contributed by atoms with Crippen LogP contribution in [-0.4, -0.2) is 57.3 Å². The summed E-state index contributed by atoms with van der Waals surface area (Å²) in [5, 5.41) is 8.70. The molecule has 2 aliphatic rings. The molecule has 4 heterocycles. The molecular formula is C23H25N5O3. The Kier molecular flexibility index (Phi) is 5.02. The van der Waals surface area contributed by atoms with Crippen LogP contribution in [-0.2, 0) is 4.74 Å². The Morgan fingerprint density at radius 1 is 1.06 bits per heavy atom. The number of aryl methyl sites for hydroxylation is 2. The lowest BCUT2D eigenvalue weighted by atomic mass is 9.72. The van der Waals surface area contributed by atoms with E-state index in [4.69, 9.17) is 9.15 Å². The molecule has 1 spiro atoms. The van der Waals surface area contributed by atoms with Crippen molar-refractivity contribution >= 4 is 5.91 Å². The SMILES string of the molecule is Cc1ccc(-c2nnc(C3CN(C(=O)c4cnc(C)cn4)CC34CCOCC4)o2)cc1. The smallest absolute Gasteiger partial charge is 0.274 e. The van der Waals surface area contributed by atoms with Crippen molar-refractivity contribution < 1.29 is 13.9 Å². The summed E-state index contributed by atoms with van der Waals surface area (Å²) in [7, 11) is 0. The number of hydrogen-bond acceptors (Lipinski definition) is 7. The Morgan fingerprint density at radius 2 is 1.84 bits per heavy atom. The van der Waals surface area contributed by atoms with E-state index in [-0.39, 0.29) is 17.2 Å². The van der Waals surface area contributed by atoms with Gasteiger partial charge in [-0.15, -0.1) is 10.2 Å². The van der Waals surface area contributed by atoms with Crippen LogP contribution in [0.2, 0.25) is 0 Å². The Labute approximate surface area is 180 Å². The van der Waals surface area contributed by atoms with Crippen molar-refractivity contribution in [2.24, 2.45) is 5.41 Å². The summed E-state index contributed by atoms with van der Waals surface area (Å²) < 4.78 is 11.8. The molecule has 160 valence electrons.